The number of aryl methyl sites for hydroxylation is 1. The van der Waals surface area contributed by atoms with Crippen molar-refractivity contribution in [3.8, 4) is 17.3 Å². The average molecular weight is 413 g/mol. The van der Waals surface area contributed by atoms with E-state index in [-0.39, 0.29) is 0 Å². The molecule has 0 radical (unpaired) electrons. The zero-order valence-electron chi connectivity index (χ0n) is 18.3. The van der Waals surface area contributed by atoms with Gasteiger partial charge < -0.3 is 15.1 Å². The summed E-state index contributed by atoms with van der Waals surface area (Å²) in [5.74, 6) is 0.686. The Kier molecular flexibility index (Phi) is 5.60. The first-order valence-corrected chi connectivity index (χ1v) is 10.7. The molecule has 31 heavy (non-hydrogen) atoms. The number of rotatable bonds is 8. The Labute approximate surface area is 183 Å². The Hall–Kier alpha value is -3.46. The number of nitrogens with zero attached hydrogens (tertiary/aromatic N) is 4. The van der Waals surface area contributed by atoms with Crippen molar-refractivity contribution in [2.75, 3.05) is 6.54 Å². The second kappa shape index (κ2) is 8.35. The van der Waals surface area contributed by atoms with E-state index in [1.54, 1.807) is 6.07 Å². The van der Waals surface area contributed by atoms with Crippen LogP contribution >= 0.6 is 0 Å². The normalized spacial score (nSPS) is 15.1. The standard InChI is InChI=1S/C25H28N6/c1-17(2)11-25(7-8-25)16-28-14-20(12-26)22-5-4-21(13-27)30-24(22)19-6-9-31-15-18(3)29-23(31)10-19/h4-6,9-10,12,14-15,17,26,28H,7-8,11,16H2,1-3H3/b20-14+,26-12?. The van der Waals surface area contributed by atoms with Crippen LogP contribution in [0.4, 0.5) is 0 Å². The maximum atomic E-state index is 9.38. The molecule has 0 bridgehead atoms. The highest BCUT2D eigenvalue weighted by molar-refractivity contribution is 6.10. The summed E-state index contributed by atoms with van der Waals surface area (Å²) in [5, 5.41) is 20.9. The number of hydrogen-bond acceptors (Lipinski definition) is 5. The van der Waals surface area contributed by atoms with Crippen molar-refractivity contribution in [3.05, 3.63) is 59.8 Å². The first kappa shape index (κ1) is 20.8. The van der Waals surface area contributed by atoms with Gasteiger partial charge in [-0.25, -0.2) is 9.97 Å². The molecule has 2 N–H and O–H groups in total. The Bertz CT molecular complexity index is 1190. The van der Waals surface area contributed by atoms with Gasteiger partial charge in [-0.15, -0.1) is 0 Å². The lowest BCUT2D eigenvalue weighted by Crippen LogP contribution is -2.21. The number of nitrogens with one attached hydrogen (secondary N) is 2. The van der Waals surface area contributed by atoms with Gasteiger partial charge in [0.15, 0.2) is 0 Å². The largest absolute Gasteiger partial charge is 0.390 e. The van der Waals surface area contributed by atoms with E-state index in [0.717, 1.165) is 34.6 Å². The summed E-state index contributed by atoms with van der Waals surface area (Å²) in [4.78, 5) is 9.12. The van der Waals surface area contributed by atoms with Crippen molar-refractivity contribution < 1.29 is 0 Å². The minimum absolute atomic E-state index is 0.351. The molecule has 3 heterocycles. The predicted octanol–water partition coefficient (Wildman–Crippen LogP) is 4.98. The number of aromatic nitrogens is 3. The summed E-state index contributed by atoms with van der Waals surface area (Å²) < 4.78 is 1.96. The summed E-state index contributed by atoms with van der Waals surface area (Å²) in [6.07, 6.45) is 10.9. The molecule has 0 spiro atoms. The van der Waals surface area contributed by atoms with Gasteiger partial charge in [0.25, 0.3) is 0 Å². The van der Waals surface area contributed by atoms with Crippen LogP contribution in [0.5, 0.6) is 0 Å². The maximum absolute atomic E-state index is 9.38. The quantitative estimate of drug-likeness (QED) is 0.510. The number of pyridine rings is 2. The molecule has 1 fully saturated rings. The molecular formula is C25H28N6. The molecule has 6 heteroatoms. The fourth-order valence-corrected chi connectivity index (χ4v) is 4.30. The second-order valence-corrected chi connectivity index (χ2v) is 8.99. The van der Waals surface area contributed by atoms with Crippen molar-refractivity contribution in [3.63, 3.8) is 0 Å². The van der Waals surface area contributed by atoms with Crippen LogP contribution in [-0.2, 0) is 0 Å². The van der Waals surface area contributed by atoms with Gasteiger partial charge in [0.1, 0.15) is 17.4 Å². The van der Waals surface area contributed by atoms with Gasteiger partial charge in [0.2, 0.25) is 0 Å². The lowest BCUT2D eigenvalue weighted by atomic mass is 9.94. The van der Waals surface area contributed by atoms with Gasteiger partial charge in [-0.3, -0.25) is 0 Å². The van der Waals surface area contributed by atoms with Crippen molar-refractivity contribution in [2.45, 2.75) is 40.0 Å². The van der Waals surface area contributed by atoms with Gasteiger partial charge in [0, 0.05) is 48.1 Å². The van der Waals surface area contributed by atoms with Crippen molar-refractivity contribution in [2.24, 2.45) is 11.3 Å². The van der Waals surface area contributed by atoms with Crippen LogP contribution in [0.25, 0.3) is 22.5 Å². The molecule has 4 rings (SSSR count). The Morgan fingerprint density at radius 3 is 2.81 bits per heavy atom. The minimum atomic E-state index is 0.351. The van der Waals surface area contributed by atoms with E-state index >= 15 is 0 Å². The Balaban J connectivity index is 1.67. The Morgan fingerprint density at radius 2 is 2.13 bits per heavy atom. The molecule has 0 atom stereocenters. The summed E-state index contributed by atoms with van der Waals surface area (Å²) in [5.41, 5.74) is 5.63. The number of allylic oxidation sites excluding steroid dienone is 1. The minimum Gasteiger partial charge on any atom is -0.390 e. The third kappa shape index (κ3) is 4.51. The van der Waals surface area contributed by atoms with E-state index in [1.165, 1.54) is 25.5 Å². The van der Waals surface area contributed by atoms with E-state index < -0.39 is 0 Å². The summed E-state index contributed by atoms with van der Waals surface area (Å²) >= 11 is 0. The first-order chi connectivity index (χ1) is 14.9. The Morgan fingerprint density at radius 1 is 1.32 bits per heavy atom. The fraction of sp³-hybridized carbons (Fsp3) is 0.360. The van der Waals surface area contributed by atoms with Gasteiger partial charge >= 0.3 is 0 Å². The van der Waals surface area contributed by atoms with E-state index in [9.17, 15) is 5.26 Å². The van der Waals surface area contributed by atoms with Crippen LogP contribution in [0, 0.1) is 35.0 Å². The SMILES string of the molecule is Cc1cn2ccc(-c3nc(C#N)ccc3/C(C=N)=C/NCC3(CC(C)C)CC3)cc2n1. The van der Waals surface area contributed by atoms with Crippen molar-refractivity contribution >= 4 is 17.4 Å². The van der Waals surface area contributed by atoms with Gasteiger partial charge in [0.05, 0.1) is 11.4 Å². The molecule has 0 aromatic carbocycles. The van der Waals surface area contributed by atoms with E-state index in [1.807, 2.05) is 48.1 Å². The average Bonchev–Trinajstić information content (AvgIpc) is 3.39. The van der Waals surface area contributed by atoms with E-state index in [4.69, 9.17) is 5.41 Å². The van der Waals surface area contributed by atoms with E-state index in [2.05, 4.69) is 35.2 Å². The number of imidazole rings is 1. The van der Waals surface area contributed by atoms with Crippen LogP contribution < -0.4 is 5.32 Å². The van der Waals surface area contributed by atoms with Gasteiger partial charge in [-0.1, -0.05) is 13.8 Å². The molecule has 3 aromatic rings. The molecule has 1 saturated carbocycles. The lowest BCUT2D eigenvalue weighted by Gasteiger charge is -2.18. The molecule has 1 aliphatic rings. The molecule has 1 aliphatic carbocycles. The number of nitriles is 1. The third-order valence-corrected chi connectivity index (χ3v) is 5.86. The molecule has 0 amide bonds. The first-order valence-electron chi connectivity index (χ1n) is 10.7. The highest BCUT2D eigenvalue weighted by atomic mass is 15.0. The topological polar surface area (TPSA) is 89.9 Å². The zero-order chi connectivity index (χ0) is 22.0. The number of hydrogen-bond donors (Lipinski definition) is 2. The van der Waals surface area contributed by atoms with Crippen LogP contribution in [0.1, 0.15) is 50.1 Å². The molecule has 0 aliphatic heterocycles. The molecule has 6 nitrogen and oxygen atoms in total. The number of fused-ring (bicyclic) bond motifs is 1. The van der Waals surface area contributed by atoms with Crippen molar-refractivity contribution in [1.82, 2.24) is 19.7 Å². The summed E-state index contributed by atoms with van der Waals surface area (Å²) in [7, 11) is 0. The second-order valence-electron chi connectivity index (χ2n) is 8.99. The molecule has 158 valence electrons. The highest BCUT2D eigenvalue weighted by Gasteiger charge is 2.42. The zero-order valence-corrected chi connectivity index (χ0v) is 18.3. The van der Waals surface area contributed by atoms with Gasteiger partial charge in [-0.2, -0.15) is 5.26 Å². The lowest BCUT2D eigenvalue weighted by molar-refractivity contribution is 0.382. The van der Waals surface area contributed by atoms with Crippen LogP contribution in [0.3, 0.4) is 0 Å². The van der Waals surface area contributed by atoms with E-state index in [0.29, 0.717) is 22.7 Å². The van der Waals surface area contributed by atoms with Gasteiger partial charge in [-0.05, 0) is 61.8 Å². The monoisotopic (exact) mass is 412 g/mol. The fourth-order valence-electron chi connectivity index (χ4n) is 4.30. The van der Waals surface area contributed by atoms with Crippen LogP contribution in [0.2, 0.25) is 0 Å². The smallest absolute Gasteiger partial charge is 0.141 e. The third-order valence-electron chi connectivity index (χ3n) is 5.86. The maximum Gasteiger partial charge on any atom is 0.141 e. The molecule has 0 unspecified atom stereocenters. The highest BCUT2D eigenvalue weighted by Crippen LogP contribution is 2.50. The van der Waals surface area contributed by atoms with Crippen LogP contribution in [0.15, 0.2) is 42.9 Å². The molecule has 3 aromatic heterocycles. The van der Waals surface area contributed by atoms with Crippen LogP contribution in [-0.4, -0.2) is 27.1 Å². The van der Waals surface area contributed by atoms with Crippen molar-refractivity contribution in [1.29, 1.82) is 10.7 Å². The summed E-state index contributed by atoms with van der Waals surface area (Å²) in [6.45, 7) is 7.42. The molecular weight excluding hydrogens is 384 g/mol. The molecule has 0 saturated heterocycles. The predicted molar refractivity (Wildman–Crippen MR) is 124 cm³/mol. The summed E-state index contributed by atoms with van der Waals surface area (Å²) in [6, 6.07) is 9.65.